The fraction of sp³-hybridized carbons (Fsp3) is 0.391. The standard InChI is InChI=1S/C23H24F3NO4/c1-3-10-18-19(20(28)31-15-16-11-6-4-7-12-16)27(18)21(29)22(30-2,23(24,25)26)17-13-8-5-9-14-17/h4-9,11-14,18-19H,3,10,15H2,1-2H3/t18-,19+,22+,27?/m1/s1. The molecule has 2 aromatic carbocycles. The van der Waals surface area contributed by atoms with E-state index in [1.54, 1.807) is 30.3 Å². The Labute approximate surface area is 178 Å². The fourth-order valence-corrected chi connectivity index (χ4v) is 3.82. The number of carbonyl (C=O) groups excluding carboxylic acids is 2. The smallest absolute Gasteiger partial charge is 0.430 e. The molecule has 3 rings (SSSR count). The van der Waals surface area contributed by atoms with E-state index >= 15 is 0 Å². The summed E-state index contributed by atoms with van der Waals surface area (Å²) in [6.45, 7) is 1.81. The van der Waals surface area contributed by atoms with Gasteiger partial charge in [0, 0.05) is 12.7 Å². The van der Waals surface area contributed by atoms with Crippen molar-refractivity contribution in [3.8, 4) is 0 Å². The number of halogens is 3. The van der Waals surface area contributed by atoms with Crippen molar-refractivity contribution in [2.75, 3.05) is 7.11 Å². The van der Waals surface area contributed by atoms with Gasteiger partial charge in [0.15, 0.2) is 6.04 Å². The molecule has 5 nitrogen and oxygen atoms in total. The maximum Gasteiger partial charge on any atom is 0.430 e. The number of nitrogens with zero attached hydrogens (tertiary/aromatic N) is 1. The van der Waals surface area contributed by atoms with E-state index in [1.165, 1.54) is 24.3 Å². The lowest BCUT2D eigenvalue weighted by Crippen LogP contribution is -2.54. The summed E-state index contributed by atoms with van der Waals surface area (Å²) >= 11 is 0. The average Bonchev–Trinajstić information content (AvgIpc) is 3.47. The molecule has 1 fully saturated rings. The summed E-state index contributed by atoms with van der Waals surface area (Å²) in [6, 6.07) is 13.9. The summed E-state index contributed by atoms with van der Waals surface area (Å²) in [7, 11) is 0.847. The molecule has 2 aromatic rings. The van der Waals surface area contributed by atoms with Crippen molar-refractivity contribution in [3.63, 3.8) is 0 Å². The molecule has 31 heavy (non-hydrogen) atoms. The third-order valence-corrected chi connectivity index (χ3v) is 5.40. The molecule has 0 N–H and O–H groups in total. The molecule has 1 amide bonds. The van der Waals surface area contributed by atoms with Crippen LogP contribution in [-0.2, 0) is 31.3 Å². The minimum absolute atomic E-state index is 0.0234. The zero-order valence-corrected chi connectivity index (χ0v) is 17.3. The van der Waals surface area contributed by atoms with Gasteiger partial charge in [-0.1, -0.05) is 74.0 Å². The zero-order valence-electron chi connectivity index (χ0n) is 17.3. The highest BCUT2D eigenvalue weighted by molar-refractivity contribution is 5.96. The molecule has 1 aliphatic rings. The molecule has 0 aliphatic carbocycles. The first kappa shape index (κ1) is 22.8. The average molecular weight is 435 g/mol. The molecule has 1 saturated heterocycles. The summed E-state index contributed by atoms with van der Waals surface area (Å²) in [5.74, 6) is -2.04. The number of alkyl halides is 3. The van der Waals surface area contributed by atoms with Gasteiger partial charge in [0.1, 0.15) is 6.61 Å². The van der Waals surface area contributed by atoms with Crippen molar-refractivity contribution in [1.82, 2.24) is 4.90 Å². The van der Waals surface area contributed by atoms with E-state index in [2.05, 4.69) is 0 Å². The van der Waals surface area contributed by atoms with Gasteiger partial charge in [-0.2, -0.15) is 13.2 Å². The Bertz CT molecular complexity index is 904. The van der Waals surface area contributed by atoms with Crippen LogP contribution in [0, 0.1) is 0 Å². The number of rotatable bonds is 8. The number of benzene rings is 2. The van der Waals surface area contributed by atoms with Crippen LogP contribution in [0.5, 0.6) is 0 Å². The van der Waals surface area contributed by atoms with E-state index in [0.29, 0.717) is 12.8 Å². The third kappa shape index (κ3) is 4.30. The normalized spacial score (nSPS) is 20.1. The highest BCUT2D eigenvalue weighted by Gasteiger charge is 2.69. The SMILES string of the molecule is CCC[C@@H]1[C@@H](C(=O)OCc2ccccc2)N1C(=O)[C@@](OC)(c1ccccc1)C(F)(F)F. The molecule has 8 heteroatoms. The first-order valence-corrected chi connectivity index (χ1v) is 9.98. The van der Waals surface area contributed by atoms with E-state index in [9.17, 15) is 22.8 Å². The minimum Gasteiger partial charge on any atom is -0.459 e. The molecule has 166 valence electrons. The Kier molecular flexibility index (Phi) is 6.69. The summed E-state index contributed by atoms with van der Waals surface area (Å²) < 4.78 is 52.8. The molecule has 3 atom stereocenters. The van der Waals surface area contributed by atoms with Crippen molar-refractivity contribution >= 4 is 11.9 Å². The molecule has 0 spiro atoms. The van der Waals surface area contributed by atoms with Crippen molar-refractivity contribution < 1.29 is 32.2 Å². The van der Waals surface area contributed by atoms with Gasteiger partial charge in [-0.3, -0.25) is 4.79 Å². The monoisotopic (exact) mass is 435 g/mol. The minimum atomic E-state index is -5.03. The van der Waals surface area contributed by atoms with Crippen LogP contribution in [0.1, 0.15) is 30.9 Å². The maximum atomic E-state index is 14.2. The second-order valence-corrected chi connectivity index (χ2v) is 7.36. The van der Waals surface area contributed by atoms with Gasteiger partial charge in [-0.25, -0.2) is 4.79 Å². The van der Waals surface area contributed by atoms with E-state index in [4.69, 9.17) is 9.47 Å². The lowest BCUT2D eigenvalue weighted by atomic mass is 9.91. The zero-order chi connectivity index (χ0) is 22.6. The van der Waals surface area contributed by atoms with E-state index in [0.717, 1.165) is 17.6 Å². The van der Waals surface area contributed by atoms with Crippen LogP contribution < -0.4 is 0 Å². The Morgan fingerprint density at radius 1 is 1.00 bits per heavy atom. The molecule has 0 saturated carbocycles. The number of carbonyl (C=O) groups is 2. The van der Waals surface area contributed by atoms with Crippen LogP contribution in [0.4, 0.5) is 13.2 Å². The number of methoxy groups -OCH3 is 1. The largest absolute Gasteiger partial charge is 0.459 e. The fourth-order valence-electron chi connectivity index (χ4n) is 3.82. The maximum absolute atomic E-state index is 14.2. The number of amides is 1. The molecule has 1 heterocycles. The van der Waals surface area contributed by atoms with Crippen molar-refractivity contribution in [2.45, 2.75) is 50.2 Å². The number of hydrogen-bond donors (Lipinski definition) is 0. The Hall–Kier alpha value is -2.87. The van der Waals surface area contributed by atoms with Gasteiger partial charge in [-0.05, 0) is 12.0 Å². The highest BCUT2D eigenvalue weighted by atomic mass is 19.4. The summed E-state index contributed by atoms with van der Waals surface area (Å²) in [5.41, 5.74) is -2.80. The molecule has 0 bridgehead atoms. The molecular formula is C23H24F3NO4. The second-order valence-electron chi connectivity index (χ2n) is 7.36. The van der Waals surface area contributed by atoms with Gasteiger partial charge in [0.05, 0.1) is 6.04 Å². The van der Waals surface area contributed by atoms with Crippen LogP contribution in [0.15, 0.2) is 60.7 Å². The van der Waals surface area contributed by atoms with Crippen molar-refractivity contribution in [2.24, 2.45) is 0 Å². The number of hydrogen-bond acceptors (Lipinski definition) is 4. The van der Waals surface area contributed by atoms with Gasteiger partial charge >= 0.3 is 12.1 Å². The van der Waals surface area contributed by atoms with Gasteiger partial charge in [0.2, 0.25) is 0 Å². The first-order chi connectivity index (χ1) is 14.8. The quantitative estimate of drug-likeness (QED) is 0.460. The van der Waals surface area contributed by atoms with Crippen LogP contribution in [0.3, 0.4) is 0 Å². The summed E-state index contributed by atoms with van der Waals surface area (Å²) in [6.07, 6.45) is -4.06. The summed E-state index contributed by atoms with van der Waals surface area (Å²) in [5, 5.41) is 0. The highest BCUT2D eigenvalue weighted by Crippen LogP contribution is 2.47. The number of ether oxygens (including phenoxy) is 2. The predicted octanol–water partition coefficient (Wildman–Crippen LogP) is 4.21. The lowest BCUT2D eigenvalue weighted by Gasteiger charge is -2.33. The van der Waals surface area contributed by atoms with Crippen LogP contribution in [0.25, 0.3) is 0 Å². The molecule has 1 aliphatic heterocycles. The molecule has 0 radical (unpaired) electrons. The first-order valence-electron chi connectivity index (χ1n) is 9.98. The molecule has 0 unspecified atom stereocenters. The van der Waals surface area contributed by atoms with Crippen molar-refractivity contribution in [3.05, 3.63) is 71.8 Å². The van der Waals surface area contributed by atoms with Crippen LogP contribution in [0.2, 0.25) is 0 Å². The summed E-state index contributed by atoms with van der Waals surface area (Å²) in [4.78, 5) is 26.8. The third-order valence-electron chi connectivity index (χ3n) is 5.40. The lowest BCUT2D eigenvalue weighted by molar-refractivity contribution is -0.268. The Morgan fingerprint density at radius 2 is 1.58 bits per heavy atom. The van der Waals surface area contributed by atoms with E-state index in [1.807, 2.05) is 13.0 Å². The number of esters is 1. The second kappa shape index (κ2) is 9.09. The Morgan fingerprint density at radius 3 is 2.10 bits per heavy atom. The van der Waals surface area contributed by atoms with Crippen molar-refractivity contribution in [1.29, 1.82) is 0 Å². The van der Waals surface area contributed by atoms with E-state index in [-0.39, 0.29) is 12.2 Å². The van der Waals surface area contributed by atoms with Gasteiger partial charge in [0.25, 0.3) is 11.5 Å². The van der Waals surface area contributed by atoms with Crippen LogP contribution in [-0.4, -0.2) is 42.1 Å². The van der Waals surface area contributed by atoms with Crippen LogP contribution >= 0.6 is 0 Å². The van der Waals surface area contributed by atoms with E-state index < -0.39 is 35.7 Å². The Balaban J connectivity index is 1.87. The molecular weight excluding hydrogens is 411 g/mol. The van der Waals surface area contributed by atoms with Gasteiger partial charge in [-0.15, -0.1) is 0 Å². The molecule has 0 aromatic heterocycles. The van der Waals surface area contributed by atoms with Gasteiger partial charge < -0.3 is 14.4 Å². The topological polar surface area (TPSA) is 55.6 Å². The predicted molar refractivity (Wildman–Crippen MR) is 107 cm³/mol.